The van der Waals surface area contributed by atoms with Crippen molar-refractivity contribution in [3.63, 3.8) is 0 Å². The van der Waals surface area contributed by atoms with E-state index in [0.29, 0.717) is 6.61 Å². The molecule has 0 spiro atoms. The molecular weight excluding hydrogens is 240 g/mol. The quantitative estimate of drug-likeness (QED) is 0.773. The number of ether oxygens (including phenoxy) is 1. The lowest BCUT2D eigenvalue weighted by Gasteiger charge is -2.08. The molecule has 4 heteroatoms. The molecule has 0 atom stereocenters. The zero-order valence-electron chi connectivity index (χ0n) is 11.3. The molecule has 0 saturated carbocycles. The molecule has 1 aromatic carbocycles. The summed E-state index contributed by atoms with van der Waals surface area (Å²) in [5.74, 6) is -0.231. The molecule has 0 aliphatic rings. The summed E-state index contributed by atoms with van der Waals surface area (Å²) >= 11 is 0. The standard InChI is InChI=1S/C15H18N2O2/c1-3-19-15(18)10-17-11-16-9-14(17)8-13-6-4-12(2)5-7-13/h4-7,9,11H,3,8,10H2,1-2H3. The number of aromatic nitrogens is 2. The first-order chi connectivity index (χ1) is 9.19. The molecule has 0 fully saturated rings. The first-order valence-corrected chi connectivity index (χ1v) is 6.39. The third-order valence-electron chi connectivity index (χ3n) is 2.91. The summed E-state index contributed by atoms with van der Waals surface area (Å²) < 4.78 is 6.78. The fourth-order valence-electron chi connectivity index (χ4n) is 1.90. The fraction of sp³-hybridized carbons (Fsp3) is 0.333. The summed E-state index contributed by atoms with van der Waals surface area (Å²) in [6.07, 6.45) is 4.22. The molecule has 0 amide bonds. The number of rotatable bonds is 5. The number of hydrogen-bond acceptors (Lipinski definition) is 3. The minimum Gasteiger partial charge on any atom is -0.465 e. The van der Waals surface area contributed by atoms with Crippen molar-refractivity contribution in [2.45, 2.75) is 26.8 Å². The Morgan fingerprint density at radius 2 is 2.05 bits per heavy atom. The maximum Gasteiger partial charge on any atom is 0.325 e. The van der Waals surface area contributed by atoms with Crippen LogP contribution in [-0.2, 0) is 22.5 Å². The number of carbonyl (C=O) groups is 1. The number of aryl methyl sites for hydroxylation is 1. The van der Waals surface area contributed by atoms with Crippen LogP contribution in [0.2, 0.25) is 0 Å². The van der Waals surface area contributed by atoms with Crippen molar-refractivity contribution in [1.82, 2.24) is 9.55 Å². The van der Waals surface area contributed by atoms with Crippen LogP contribution in [0.25, 0.3) is 0 Å². The van der Waals surface area contributed by atoms with Gasteiger partial charge in [0.2, 0.25) is 0 Å². The number of hydrogen-bond donors (Lipinski definition) is 0. The van der Waals surface area contributed by atoms with Crippen molar-refractivity contribution in [3.8, 4) is 0 Å². The molecule has 0 unspecified atom stereocenters. The number of carbonyl (C=O) groups excluding carboxylic acids is 1. The van der Waals surface area contributed by atoms with Crippen LogP contribution >= 0.6 is 0 Å². The van der Waals surface area contributed by atoms with Gasteiger partial charge in [-0.1, -0.05) is 29.8 Å². The Labute approximate surface area is 113 Å². The molecule has 0 radical (unpaired) electrons. The summed E-state index contributed by atoms with van der Waals surface area (Å²) in [4.78, 5) is 15.6. The highest BCUT2D eigenvalue weighted by molar-refractivity contribution is 5.69. The van der Waals surface area contributed by atoms with Gasteiger partial charge >= 0.3 is 5.97 Å². The van der Waals surface area contributed by atoms with E-state index in [-0.39, 0.29) is 12.5 Å². The Hall–Kier alpha value is -2.10. The van der Waals surface area contributed by atoms with Crippen molar-refractivity contribution in [2.75, 3.05) is 6.61 Å². The number of nitrogens with zero attached hydrogens (tertiary/aromatic N) is 2. The molecule has 0 N–H and O–H groups in total. The number of imidazole rings is 1. The van der Waals surface area contributed by atoms with E-state index in [1.54, 1.807) is 19.4 Å². The van der Waals surface area contributed by atoms with Gasteiger partial charge in [-0.3, -0.25) is 4.79 Å². The van der Waals surface area contributed by atoms with Gasteiger partial charge in [0.15, 0.2) is 0 Å². The van der Waals surface area contributed by atoms with Crippen molar-refractivity contribution < 1.29 is 9.53 Å². The molecule has 2 rings (SSSR count). The molecule has 0 aliphatic heterocycles. The van der Waals surface area contributed by atoms with Gasteiger partial charge in [0.1, 0.15) is 6.54 Å². The van der Waals surface area contributed by atoms with E-state index < -0.39 is 0 Å². The predicted molar refractivity (Wildman–Crippen MR) is 72.8 cm³/mol. The summed E-state index contributed by atoms with van der Waals surface area (Å²) in [7, 11) is 0. The monoisotopic (exact) mass is 258 g/mol. The molecule has 0 bridgehead atoms. The second-order valence-electron chi connectivity index (χ2n) is 4.48. The van der Waals surface area contributed by atoms with E-state index in [1.807, 2.05) is 4.57 Å². The Morgan fingerprint density at radius 1 is 1.32 bits per heavy atom. The third-order valence-corrected chi connectivity index (χ3v) is 2.91. The van der Waals surface area contributed by atoms with Crippen LogP contribution in [0.5, 0.6) is 0 Å². The van der Waals surface area contributed by atoms with Crippen LogP contribution in [0.1, 0.15) is 23.7 Å². The summed E-state index contributed by atoms with van der Waals surface area (Å²) in [6.45, 7) is 4.49. The van der Waals surface area contributed by atoms with Gasteiger partial charge in [-0.25, -0.2) is 4.98 Å². The summed E-state index contributed by atoms with van der Waals surface area (Å²) in [5.41, 5.74) is 3.46. The van der Waals surface area contributed by atoms with Gasteiger partial charge in [0.05, 0.1) is 12.9 Å². The highest BCUT2D eigenvalue weighted by Crippen LogP contribution is 2.10. The highest BCUT2D eigenvalue weighted by Gasteiger charge is 2.08. The van der Waals surface area contributed by atoms with E-state index in [2.05, 4.69) is 36.2 Å². The molecular formula is C15H18N2O2. The Morgan fingerprint density at radius 3 is 2.74 bits per heavy atom. The van der Waals surface area contributed by atoms with Crippen LogP contribution in [-0.4, -0.2) is 22.1 Å². The van der Waals surface area contributed by atoms with Crippen molar-refractivity contribution in [3.05, 3.63) is 53.6 Å². The van der Waals surface area contributed by atoms with Gasteiger partial charge in [-0.05, 0) is 19.4 Å². The molecule has 2 aromatic rings. The normalized spacial score (nSPS) is 10.4. The van der Waals surface area contributed by atoms with E-state index in [1.165, 1.54) is 11.1 Å². The van der Waals surface area contributed by atoms with Crippen LogP contribution in [0.3, 0.4) is 0 Å². The summed E-state index contributed by atoms with van der Waals surface area (Å²) in [6, 6.07) is 8.36. The smallest absolute Gasteiger partial charge is 0.325 e. The lowest BCUT2D eigenvalue weighted by atomic mass is 10.1. The van der Waals surface area contributed by atoms with E-state index in [4.69, 9.17) is 4.74 Å². The zero-order chi connectivity index (χ0) is 13.7. The van der Waals surface area contributed by atoms with Gasteiger partial charge < -0.3 is 9.30 Å². The van der Waals surface area contributed by atoms with Gasteiger partial charge in [0.25, 0.3) is 0 Å². The average molecular weight is 258 g/mol. The van der Waals surface area contributed by atoms with E-state index in [9.17, 15) is 4.79 Å². The lowest BCUT2D eigenvalue weighted by Crippen LogP contribution is -2.14. The van der Waals surface area contributed by atoms with Gasteiger partial charge in [0, 0.05) is 18.3 Å². The maximum atomic E-state index is 11.5. The topological polar surface area (TPSA) is 44.1 Å². The van der Waals surface area contributed by atoms with Crippen LogP contribution < -0.4 is 0 Å². The Bertz CT molecular complexity index is 544. The lowest BCUT2D eigenvalue weighted by molar-refractivity contribution is -0.143. The number of esters is 1. The van der Waals surface area contributed by atoms with E-state index in [0.717, 1.165) is 12.1 Å². The zero-order valence-corrected chi connectivity index (χ0v) is 11.3. The minimum atomic E-state index is -0.231. The molecule has 19 heavy (non-hydrogen) atoms. The average Bonchev–Trinajstić information content (AvgIpc) is 2.80. The highest BCUT2D eigenvalue weighted by atomic mass is 16.5. The molecule has 0 aliphatic carbocycles. The second-order valence-corrected chi connectivity index (χ2v) is 4.48. The minimum absolute atomic E-state index is 0.217. The SMILES string of the molecule is CCOC(=O)Cn1cncc1Cc1ccc(C)cc1. The van der Waals surface area contributed by atoms with Gasteiger partial charge in [-0.15, -0.1) is 0 Å². The maximum absolute atomic E-state index is 11.5. The van der Waals surface area contributed by atoms with Crippen LogP contribution in [0.15, 0.2) is 36.8 Å². The fourth-order valence-corrected chi connectivity index (χ4v) is 1.90. The predicted octanol–water partition coefficient (Wildman–Crippen LogP) is 2.35. The van der Waals surface area contributed by atoms with Crippen molar-refractivity contribution in [1.29, 1.82) is 0 Å². The largest absolute Gasteiger partial charge is 0.465 e. The van der Waals surface area contributed by atoms with Crippen molar-refractivity contribution in [2.24, 2.45) is 0 Å². The molecule has 1 heterocycles. The molecule has 100 valence electrons. The molecule has 0 saturated heterocycles. The number of benzene rings is 1. The molecule has 1 aromatic heterocycles. The van der Waals surface area contributed by atoms with Gasteiger partial charge in [-0.2, -0.15) is 0 Å². The Balaban J connectivity index is 2.07. The first kappa shape index (κ1) is 13.3. The van der Waals surface area contributed by atoms with Crippen molar-refractivity contribution >= 4 is 5.97 Å². The molecule has 4 nitrogen and oxygen atoms in total. The third kappa shape index (κ3) is 3.68. The van der Waals surface area contributed by atoms with Crippen LogP contribution in [0.4, 0.5) is 0 Å². The van der Waals surface area contributed by atoms with Crippen LogP contribution in [0, 0.1) is 6.92 Å². The van der Waals surface area contributed by atoms with E-state index >= 15 is 0 Å². The first-order valence-electron chi connectivity index (χ1n) is 6.39. The Kier molecular flexibility index (Phi) is 4.34. The second kappa shape index (κ2) is 6.18. The summed E-state index contributed by atoms with van der Waals surface area (Å²) in [5, 5.41) is 0.